The summed E-state index contributed by atoms with van der Waals surface area (Å²) in [7, 11) is 0. The third-order valence-electron chi connectivity index (χ3n) is 7.05. The number of nitrogens with zero attached hydrogens (tertiary/aromatic N) is 1. The van der Waals surface area contributed by atoms with Crippen molar-refractivity contribution in [2.24, 2.45) is 0 Å². The first-order valence-corrected chi connectivity index (χ1v) is 13.7. The van der Waals surface area contributed by atoms with Gasteiger partial charge in [-0.25, -0.2) is 9.69 Å². The Bertz CT molecular complexity index is 1680. The molecule has 4 aromatic carbocycles. The zero-order chi connectivity index (χ0) is 27.8. The van der Waals surface area contributed by atoms with Crippen molar-refractivity contribution in [1.82, 2.24) is 0 Å². The van der Waals surface area contributed by atoms with Gasteiger partial charge in [0.05, 0.1) is 16.5 Å². The minimum Gasteiger partial charge on any atom is -0.454 e. The molecule has 0 spiro atoms. The summed E-state index contributed by atoms with van der Waals surface area (Å²) in [4.78, 5) is 53.0. The van der Waals surface area contributed by atoms with Crippen LogP contribution < -0.4 is 10.6 Å². The van der Waals surface area contributed by atoms with Gasteiger partial charge in [0.2, 0.25) is 11.8 Å². The van der Waals surface area contributed by atoms with Gasteiger partial charge < -0.3 is 10.5 Å². The van der Waals surface area contributed by atoms with Crippen molar-refractivity contribution in [2.45, 2.75) is 23.0 Å². The minimum absolute atomic E-state index is 0.0684. The van der Waals surface area contributed by atoms with E-state index >= 15 is 0 Å². The smallest absolute Gasteiger partial charge is 0.338 e. The first-order valence-electron chi connectivity index (χ1n) is 12.8. The average Bonchev–Trinajstić information content (AvgIpc) is 3.47. The zero-order valence-corrected chi connectivity index (χ0v) is 22.1. The van der Waals surface area contributed by atoms with E-state index in [1.54, 1.807) is 24.3 Å². The van der Waals surface area contributed by atoms with Crippen LogP contribution in [0.4, 0.5) is 11.4 Å². The maximum Gasteiger partial charge on any atom is 0.338 e. The van der Waals surface area contributed by atoms with E-state index in [9.17, 15) is 19.2 Å². The Balaban J connectivity index is 1.07. The first-order chi connectivity index (χ1) is 19.4. The third kappa shape index (κ3) is 4.89. The molecule has 0 aromatic heterocycles. The summed E-state index contributed by atoms with van der Waals surface area (Å²) in [5.74, 6) is -1.59. The molecule has 1 aliphatic heterocycles. The average molecular weight is 549 g/mol. The molecule has 2 N–H and O–H groups in total. The second-order valence-electron chi connectivity index (χ2n) is 9.70. The lowest BCUT2D eigenvalue weighted by Gasteiger charge is -2.15. The minimum atomic E-state index is -0.664. The first kappa shape index (κ1) is 25.6. The molecule has 1 saturated heterocycles. The molecule has 2 amide bonds. The van der Waals surface area contributed by atoms with Crippen molar-refractivity contribution in [1.29, 1.82) is 0 Å². The number of nitrogen functional groups attached to an aromatic ring is 1. The molecule has 1 heterocycles. The molecular weight excluding hydrogens is 524 g/mol. The number of ether oxygens (including phenoxy) is 1. The Labute approximate surface area is 234 Å². The molecule has 4 aromatic rings. The van der Waals surface area contributed by atoms with Gasteiger partial charge in [-0.05, 0) is 77.2 Å². The number of Topliss-reactive ketones (excluding diaryl/α,β-unsaturated/α-hetero) is 1. The number of fused-ring (bicyclic) bond motifs is 3. The monoisotopic (exact) mass is 548 g/mol. The maximum absolute atomic E-state index is 13.0. The molecule has 0 radical (unpaired) electrons. The lowest BCUT2D eigenvalue weighted by molar-refractivity contribution is -0.121. The summed E-state index contributed by atoms with van der Waals surface area (Å²) in [5.41, 5.74) is 12.1. The number of thioether (sulfide) groups is 1. The van der Waals surface area contributed by atoms with E-state index in [0.717, 1.165) is 27.3 Å². The summed E-state index contributed by atoms with van der Waals surface area (Å²) in [6, 6.07) is 26.9. The molecule has 6 rings (SSSR count). The summed E-state index contributed by atoms with van der Waals surface area (Å²) in [6.45, 7) is -0.391. The van der Waals surface area contributed by atoms with Crippen molar-refractivity contribution in [3.05, 3.63) is 113 Å². The molecule has 198 valence electrons. The number of rotatable bonds is 7. The summed E-state index contributed by atoms with van der Waals surface area (Å²) in [6.07, 6.45) is 0.833. The summed E-state index contributed by atoms with van der Waals surface area (Å²) in [5, 5.41) is -0.557. The molecule has 0 unspecified atom stereocenters. The van der Waals surface area contributed by atoms with Crippen LogP contribution in [0.1, 0.15) is 38.3 Å². The molecule has 1 aliphatic carbocycles. The van der Waals surface area contributed by atoms with Crippen molar-refractivity contribution in [3.8, 4) is 11.1 Å². The standard InChI is InChI=1S/C32H24N2O5S/c33-23-5-3-6-25(16-23)40-29-17-30(36)34(31(29)37)24-11-8-19(9-12-24)32(38)39-18-28(35)21-10-13-27-22(15-21)14-20-4-1-2-7-26(20)27/h1-13,15-16,29H,14,17-18,33H2/t29-/m0/s1. The number of carbonyl (C=O) groups excluding carboxylic acids is 4. The highest BCUT2D eigenvalue weighted by Crippen LogP contribution is 2.37. The molecule has 2 aliphatic rings. The highest BCUT2D eigenvalue weighted by molar-refractivity contribution is 8.00. The van der Waals surface area contributed by atoms with Gasteiger partial charge in [0, 0.05) is 22.6 Å². The molecule has 1 fully saturated rings. The van der Waals surface area contributed by atoms with Crippen LogP contribution in [0.2, 0.25) is 0 Å². The largest absolute Gasteiger partial charge is 0.454 e. The number of anilines is 2. The molecule has 40 heavy (non-hydrogen) atoms. The van der Waals surface area contributed by atoms with Crippen molar-refractivity contribution in [3.63, 3.8) is 0 Å². The van der Waals surface area contributed by atoms with Crippen LogP contribution in [0.15, 0.2) is 95.9 Å². The van der Waals surface area contributed by atoms with Gasteiger partial charge >= 0.3 is 5.97 Å². The number of imide groups is 1. The maximum atomic E-state index is 13.0. The van der Waals surface area contributed by atoms with Crippen LogP contribution in [0, 0.1) is 0 Å². The number of amides is 2. The number of esters is 1. The Morgan fingerprint density at radius 1 is 0.850 bits per heavy atom. The number of ketones is 1. The highest BCUT2D eigenvalue weighted by atomic mass is 32.2. The molecule has 0 bridgehead atoms. The van der Waals surface area contributed by atoms with Gasteiger partial charge in [0.15, 0.2) is 12.4 Å². The highest BCUT2D eigenvalue weighted by Gasteiger charge is 2.40. The van der Waals surface area contributed by atoms with Gasteiger partial charge in [-0.3, -0.25) is 14.4 Å². The van der Waals surface area contributed by atoms with Crippen LogP contribution in [-0.4, -0.2) is 35.4 Å². The van der Waals surface area contributed by atoms with Crippen LogP contribution in [0.5, 0.6) is 0 Å². The molecular formula is C32H24N2O5S. The number of benzene rings is 4. The van der Waals surface area contributed by atoms with Gasteiger partial charge in [0.1, 0.15) is 0 Å². The van der Waals surface area contributed by atoms with Crippen molar-refractivity contribution in [2.75, 3.05) is 17.2 Å². The number of hydrogen-bond acceptors (Lipinski definition) is 7. The van der Waals surface area contributed by atoms with Gasteiger partial charge in [-0.15, -0.1) is 11.8 Å². The lowest BCUT2D eigenvalue weighted by Crippen LogP contribution is -2.31. The van der Waals surface area contributed by atoms with Crippen molar-refractivity contribution < 1.29 is 23.9 Å². The van der Waals surface area contributed by atoms with Crippen LogP contribution in [0.3, 0.4) is 0 Å². The van der Waals surface area contributed by atoms with Crippen molar-refractivity contribution >= 4 is 46.7 Å². The SMILES string of the molecule is Nc1cccc(S[C@H]2CC(=O)N(c3ccc(C(=O)OCC(=O)c4ccc5c(c4)Cc4ccccc4-5)cc3)C2=O)c1. The summed E-state index contributed by atoms with van der Waals surface area (Å²) >= 11 is 1.30. The number of carbonyl (C=O) groups is 4. The second kappa shape index (κ2) is 10.5. The third-order valence-corrected chi connectivity index (χ3v) is 8.23. The normalized spacial score (nSPS) is 15.6. The zero-order valence-electron chi connectivity index (χ0n) is 21.3. The van der Waals surface area contributed by atoms with E-state index in [2.05, 4.69) is 12.1 Å². The molecule has 7 nitrogen and oxygen atoms in total. The van der Waals surface area contributed by atoms with E-state index in [1.807, 2.05) is 30.3 Å². The van der Waals surface area contributed by atoms with Crippen LogP contribution in [-0.2, 0) is 20.7 Å². The van der Waals surface area contributed by atoms with E-state index in [-0.39, 0.29) is 29.6 Å². The Hall–Kier alpha value is -4.69. The predicted octanol–water partition coefficient (Wildman–Crippen LogP) is 5.30. The fourth-order valence-corrected chi connectivity index (χ4v) is 6.20. The van der Waals surface area contributed by atoms with E-state index in [1.165, 1.54) is 47.2 Å². The fraction of sp³-hybridized carbons (Fsp3) is 0.125. The predicted molar refractivity (Wildman–Crippen MR) is 153 cm³/mol. The van der Waals surface area contributed by atoms with Crippen LogP contribution in [0.25, 0.3) is 11.1 Å². The van der Waals surface area contributed by atoms with Crippen LogP contribution >= 0.6 is 11.8 Å². The fourth-order valence-electron chi connectivity index (χ4n) is 5.08. The Kier molecular flexibility index (Phi) is 6.69. The number of hydrogen-bond donors (Lipinski definition) is 1. The van der Waals surface area contributed by atoms with E-state index in [0.29, 0.717) is 16.9 Å². The Morgan fingerprint density at radius 3 is 2.40 bits per heavy atom. The molecule has 8 heteroatoms. The van der Waals surface area contributed by atoms with Gasteiger partial charge in [0.25, 0.3) is 0 Å². The van der Waals surface area contributed by atoms with E-state index in [4.69, 9.17) is 10.5 Å². The second-order valence-corrected chi connectivity index (χ2v) is 11.0. The summed E-state index contributed by atoms with van der Waals surface area (Å²) < 4.78 is 5.28. The van der Waals surface area contributed by atoms with Gasteiger partial charge in [-0.2, -0.15) is 0 Å². The van der Waals surface area contributed by atoms with E-state index < -0.39 is 17.8 Å². The lowest BCUT2D eigenvalue weighted by atomic mass is 10.0. The topological polar surface area (TPSA) is 107 Å². The Morgan fingerprint density at radius 2 is 1.60 bits per heavy atom. The molecule has 1 atom stereocenters. The molecule has 0 saturated carbocycles. The number of nitrogens with two attached hydrogens (primary N) is 1. The van der Waals surface area contributed by atoms with Gasteiger partial charge in [-0.1, -0.05) is 42.5 Å². The quantitative estimate of drug-likeness (QED) is 0.127.